The molecule has 0 fully saturated rings. The maximum absolute atomic E-state index is 8.99. The molecule has 1 aromatic heterocycles. The van der Waals surface area contributed by atoms with Crippen molar-refractivity contribution in [2.45, 2.75) is 6.92 Å². The molecule has 0 aliphatic carbocycles. The highest BCUT2D eigenvalue weighted by Crippen LogP contribution is 1.92. The van der Waals surface area contributed by atoms with Crippen molar-refractivity contribution in [2.75, 3.05) is 0 Å². The molecule has 0 unspecified atom stereocenters. The van der Waals surface area contributed by atoms with Crippen molar-refractivity contribution < 1.29 is 9.94 Å². The van der Waals surface area contributed by atoms with Gasteiger partial charge < -0.3 is 0 Å². The van der Waals surface area contributed by atoms with Crippen LogP contribution in [0.2, 0.25) is 0 Å². The Kier molecular flexibility index (Phi) is 1.55. The number of hydrogen-bond acceptors (Lipinski definition) is 2. The molecule has 1 rings (SSSR count). The molecular formula is C7H7N2O+. The Morgan fingerprint density at radius 3 is 2.80 bits per heavy atom. The maximum atomic E-state index is 8.99. The maximum Gasteiger partial charge on any atom is 0.333 e. The van der Waals surface area contributed by atoms with Gasteiger partial charge in [-0.3, -0.25) is 5.21 Å². The minimum atomic E-state index is 0.241. The quantitative estimate of drug-likeness (QED) is 0.413. The zero-order valence-corrected chi connectivity index (χ0v) is 5.57. The molecule has 0 saturated carbocycles. The Hall–Kier alpha value is -1.56. The van der Waals surface area contributed by atoms with Crippen molar-refractivity contribution in [3.8, 4) is 6.07 Å². The van der Waals surface area contributed by atoms with Gasteiger partial charge in [0.2, 0.25) is 6.20 Å². The van der Waals surface area contributed by atoms with Crippen LogP contribution in [0.25, 0.3) is 0 Å². The van der Waals surface area contributed by atoms with Gasteiger partial charge in [-0.25, -0.2) is 0 Å². The van der Waals surface area contributed by atoms with Gasteiger partial charge in [-0.15, -0.1) is 0 Å². The second-order valence-electron chi connectivity index (χ2n) is 2.05. The van der Waals surface area contributed by atoms with Gasteiger partial charge in [0.15, 0.2) is 6.07 Å². The Labute approximate surface area is 58.7 Å². The van der Waals surface area contributed by atoms with Crippen LogP contribution in [-0.2, 0) is 0 Å². The van der Waals surface area contributed by atoms with E-state index in [4.69, 9.17) is 10.5 Å². The number of aryl methyl sites for hydroxylation is 1. The van der Waals surface area contributed by atoms with Crippen molar-refractivity contribution in [1.29, 1.82) is 5.26 Å². The summed E-state index contributed by atoms with van der Waals surface area (Å²) in [5, 5.41) is 17.4. The minimum Gasteiger partial charge on any atom is -0.284 e. The molecule has 10 heavy (non-hydrogen) atoms. The molecule has 0 aliphatic heterocycles. The lowest BCUT2D eigenvalue weighted by molar-refractivity contribution is -0.906. The smallest absolute Gasteiger partial charge is 0.284 e. The number of rotatable bonds is 0. The molecule has 0 saturated heterocycles. The second kappa shape index (κ2) is 2.36. The summed E-state index contributed by atoms with van der Waals surface area (Å²) in [5.74, 6) is 0. The average molecular weight is 135 g/mol. The standard InChI is InChI=1S/C7H7N2O/c1-6-2-3-7(4-8)9(10)5-6/h2-3,5,10H,1H3/q+1. The highest BCUT2D eigenvalue weighted by atomic mass is 16.5. The molecule has 1 N–H and O–H groups in total. The van der Waals surface area contributed by atoms with E-state index >= 15 is 0 Å². The molecule has 1 heterocycles. The monoisotopic (exact) mass is 135 g/mol. The highest BCUT2D eigenvalue weighted by molar-refractivity contribution is 5.16. The predicted molar refractivity (Wildman–Crippen MR) is 33.3 cm³/mol. The predicted octanol–water partition coefficient (Wildman–Crippen LogP) is 0.392. The number of aromatic nitrogens is 1. The summed E-state index contributed by atoms with van der Waals surface area (Å²) >= 11 is 0. The first kappa shape index (κ1) is 6.56. The molecule has 1 aromatic rings. The third-order valence-corrected chi connectivity index (χ3v) is 1.19. The SMILES string of the molecule is Cc1ccc(C#N)[n+](O)c1. The van der Waals surface area contributed by atoms with E-state index < -0.39 is 0 Å². The van der Waals surface area contributed by atoms with E-state index in [0.29, 0.717) is 0 Å². The van der Waals surface area contributed by atoms with E-state index in [0.717, 1.165) is 10.3 Å². The van der Waals surface area contributed by atoms with Crippen LogP contribution in [0, 0.1) is 18.3 Å². The van der Waals surface area contributed by atoms with Gasteiger partial charge in [-0.2, -0.15) is 5.26 Å². The van der Waals surface area contributed by atoms with Crippen LogP contribution < -0.4 is 4.73 Å². The van der Waals surface area contributed by atoms with Gasteiger partial charge in [0.25, 0.3) is 0 Å². The van der Waals surface area contributed by atoms with Crippen molar-refractivity contribution in [2.24, 2.45) is 0 Å². The van der Waals surface area contributed by atoms with E-state index in [1.54, 1.807) is 12.1 Å². The molecule has 0 aromatic carbocycles. The highest BCUT2D eigenvalue weighted by Gasteiger charge is 2.06. The van der Waals surface area contributed by atoms with Crippen LogP contribution in [0.15, 0.2) is 18.3 Å². The van der Waals surface area contributed by atoms with Crippen molar-refractivity contribution >= 4 is 0 Å². The van der Waals surface area contributed by atoms with Crippen LogP contribution in [0.1, 0.15) is 11.3 Å². The molecule has 0 radical (unpaired) electrons. The van der Waals surface area contributed by atoms with E-state index in [2.05, 4.69) is 0 Å². The molecule has 0 aliphatic rings. The summed E-state index contributed by atoms with van der Waals surface area (Å²) in [6.07, 6.45) is 1.48. The van der Waals surface area contributed by atoms with E-state index in [9.17, 15) is 0 Å². The molecule has 0 atom stereocenters. The summed E-state index contributed by atoms with van der Waals surface area (Å²) in [6, 6.07) is 5.17. The Morgan fingerprint density at radius 2 is 2.30 bits per heavy atom. The lowest BCUT2D eigenvalue weighted by atomic mass is 10.3. The number of hydrogen-bond donors (Lipinski definition) is 1. The van der Waals surface area contributed by atoms with Gasteiger partial charge in [-0.1, -0.05) is 0 Å². The summed E-state index contributed by atoms with van der Waals surface area (Å²) in [7, 11) is 0. The minimum absolute atomic E-state index is 0.241. The van der Waals surface area contributed by atoms with E-state index in [1.165, 1.54) is 6.20 Å². The first-order chi connectivity index (χ1) is 4.74. The fraction of sp³-hybridized carbons (Fsp3) is 0.143. The fourth-order valence-electron chi connectivity index (χ4n) is 0.681. The third kappa shape index (κ3) is 1.06. The molecule has 3 nitrogen and oxygen atoms in total. The number of nitriles is 1. The summed E-state index contributed by atoms with van der Waals surface area (Å²) < 4.78 is 0.815. The zero-order valence-electron chi connectivity index (χ0n) is 5.57. The van der Waals surface area contributed by atoms with Gasteiger partial charge in [-0.05, 0) is 13.0 Å². The molecule has 0 amide bonds. The lowest BCUT2D eigenvalue weighted by Crippen LogP contribution is -2.33. The Bertz CT molecular complexity index is 288. The summed E-state index contributed by atoms with van der Waals surface area (Å²) in [5.41, 5.74) is 1.16. The number of nitrogens with zero attached hydrogens (tertiary/aromatic N) is 2. The Balaban J connectivity index is 3.23. The van der Waals surface area contributed by atoms with Crippen molar-refractivity contribution in [1.82, 2.24) is 0 Å². The average Bonchev–Trinajstić information content (AvgIpc) is 1.88. The topological polar surface area (TPSA) is 47.9 Å². The van der Waals surface area contributed by atoms with Gasteiger partial charge >= 0.3 is 5.69 Å². The normalized spacial score (nSPS) is 8.80. The van der Waals surface area contributed by atoms with Crippen LogP contribution in [0.3, 0.4) is 0 Å². The molecular weight excluding hydrogens is 128 g/mol. The van der Waals surface area contributed by atoms with Crippen LogP contribution in [0.4, 0.5) is 0 Å². The third-order valence-electron chi connectivity index (χ3n) is 1.19. The molecule has 0 bridgehead atoms. The summed E-state index contributed by atoms with van der Waals surface area (Å²) in [6.45, 7) is 1.84. The fourth-order valence-corrected chi connectivity index (χ4v) is 0.681. The zero-order chi connectivity index (χ0) is 7.56. The largest absolute Gasteiger partial charge is 0.333 e. The van der Waals surface area contributed by atoms with Crippen molar-refractivity contribution in [3.05, 3.63) is 29.6 Å². The van der Waals surface area contributed by atoms with Gasteiger partial charge in [0.05, 0.1) is 0 Å². The number of pyridine rings is 1. The summed E-state index contributed by atoms with van der Waals surface area (Å²) in [4.78, 5) is 0. The van der Waals surface area contributed by atoms with Crippen molar-refractivity contribution in [3.63, 3.8) is 0 Å². The first-order valence-corrected chi connectivity index (χ1v) is 2.85. The van der Waals surface area contributed by atoms with Crippen LogP contribution >= 0.6 is 0 Å². The van der Waals surface area contributed by atoms with Gasteiger partial charge in [0.1, 0.15) is 0 Å². The molecule has 3 heteroatoms. The van der Waals surface area contributed by atoms with E-state index in [-0.39, 0.29) is 5.69 Å². The van der Waals surface area contributed by atoms with Crippen LogP contribution in [-0.4, -0.2) is 5.21 Å². The van der Waals surface area contributed by atoms with Crippen LogP contribution in [0.5, 0.6) is 0 Å². The lowest BCUT2D eigenvalue weighted by Gasteiger charge is -1.86. The Morgan fingerprint density at radius 1 is 1.60 bits per heavy atom. The molecule has 50 valence electrons. The van der Waals surface area contributed by atoms with Gasteiger partial charge in [0, 0.05) is 16.4 Å². The molecule has 0 spiro atoms. The second-order valence-corrected chi connectivity index (χ2v) is 2.05. The van der Waals surface area contributed by atoms with E-state index in [1.807, 2.05) is 13.0 Å². The first-order valence-electron chi connectivity index (χ1n) is 2.85.